The fourth-order valence-corrected chi connectivity index (χ4v) is 1.83. The van der Waals surface area contributed by atoms with Gasteiger partial charge in [-0.2, -0.15) is 0 Å². The van der Waals surface area contributed by atoms with Crippen LogP contribution in [0.15, 0.2) is 18.2 Å². The Morgan fingerprint density at radius 2 is 2.06 bits per heavy atom. The molecule has 0 radical (unpaired) electrons. The fraction of sp³-hybridized carbons (Fsp3) is 0.571. The van der Waals surface area contributed by atoms with Crippen molar-refractivity contribution in [3.05, 3.63) is 35.1 Å². The van der Waals surface area contributed by atoms with Crippen molar-refractivity contribution in [2.45, 2.75) is 46.1 Å². The van der Waals surface area contributed by atoms with E-state index in [1.54, 1.807) is 6.07 Å². The first-order valence-electron chi connectivity index (χ1n) is 5.84. The summed E-state index contributed by atoms with van der Waals surface area (Å²) in [7, 11) is 0. The van der Waals surface area contributed by atoms with Gasteiger partial charge < -0.3 is 5.11 Å². The number of aryl methyl sites for hydroxylation is 1. The van der Waals surface area contributed by atoms with Gasteiger partial charge in [0.2, 0.25) is 0 Å². The van der Waals surface area contributed by atoms with Gasteiger partial charge in [-0.1, -0.05) is 26.3 Å². The maximum atomic E-state index is 13.1. The second kappa shape index (κ2) is 4.96. The van der Waals surface area contributed by atoms with Gasteiger partial charge in [-0.05, 0) is 43.0 Å². The third-order valence-corrected chi connectivity index (χ3v) is 3.53. The molecule has 1 rings (SSSR count). The molecule has 0 aliphatic carbocycles. The first kappa shape index (κ1) is 13.2. The molecule has 1 nitrogen and oxygen atoms in total. The number of hydrogen-bond acceptors (Lipinski definition) is 1. The summed E-state index contributed by atoms with van der Waals surface area (Å²) >= 11 is 0. The number of aliphatic hydroxyl groups is 1. The molecule has 2 heteroatoms. The SMILES string of the molecule is CCC(C)C(C)(O)Cc1cc(F)ccc1C. The second-order valence-corrected chi connectivity index (χ2v) is 4.91. The molecular formula is C14H21FO. The van der Waals surface area contributed by atoms with Gasteiger partial charge in [0, 0.05) is 6.42 Å². The molecule has 0 aromatic heterocycles. The van der Waals surface area contributed by atoms with Crippen LogP contribution in [0.5, 0.6) is 0 Å². The molecule has 0 aliphatic rings. The molecule has 0 saturated heterocycles. The largest absolute Gasteiger partial charge is 0.390 e. The van der Waals surface area contributed by atoms with E-state index in [-0.39, 0.29) is 11.7 Å². The van der Waals surface area contributed by atoms with Crippen molar-refractivity contribution >= 4 is 0 Å². The van der Waals surface area contributed by atoms with Crippen molar-refractivity contribution in [3.8, 4) is 0 Å². The van der Waals surface area contributed by atoms with E-state index in [0.717, 1.165) is 17.5 Å². The zero-order valence-corrected chi connectivity index (χ0v) is 10.5. The molecule has 0 amide bonds. The number of benzene rings is 1. The molecule has 90 valence electrons. The zero-order chi connectivity index (χ0) is 12.3. The van der Waals surface area contributed by atoms with Crippen LogP contribution in [0.2, 0.25) is 0 Å². The van der Waals surface area contributed by atoms with E-state index in [4.69, 9.17) is 0 Å². The molecule has 1 aromatic carbocycles. The summed E-state index contributed by atoms with van der Waals surface area (Å²) in [6.07, 6.45) is 1.42. The van der Waals surface area contributed by atoms with Crippen molar-refractivity contribution in [3.63, 3.8) is 0 Å². The van der Waals surface area contributed by atoms with Crippen molar-refractivity contribution in [2.24, 2.45) is 5.92 Å². The molecule has 2 atom stereocenters. The molecule has 0 aliphatic heterocycles. The van der Waals surface area contributed by atoms with Gasteiger partial charge in [0.25, 0.3) is 0 Å². The Hall–Kier alpha value is -0.890. The second-order valence-electron chi connectivity index (χ2n) is 4.91. The molecule has 0 saturated carbocycles. The highest BCUT2D eigenvalue weighted by atomic mass is 19.1. The minimum absolute atomic E-state index is 0.204. The average molecular weight is 224 g/mol. The molecule has 1 aromatic rings. The van der Waals surface area contributed by atoms with E-state index in [9.17, 15) is 9.50 Å². The molecule has 16 heavy (non-hydrogen) atoms. The summed E-state index contributed by atoms with van der Waals surface area (Å²) in [5, 5.41) is 10.3. The van der Waals surface area contributed by atoms with Gasteiger partial charge in [0.15, 0.2) is 0 Å². The topological polar surface area (TPSA) is 20.2 Å². The van der Waals surface area contributed by atoms with Gasteiger partial charge in [0.05, 0.1) is 5.60 Å². The molecule has 0 heterocycles. The van der Waals surface area contributed by atoms with Crippen LogP contribution in [-0.2, 0) is 6.42 Å². The van der Waals surface area contributed by atoms with Gasteiger partial charge in [-0.3, -0.25) is 0 Å². The molecule has 0 bridgehead atoms. The number of rotatable bonds is 4. The Morgan fingerprint density at radius 3 is 2.62 bits per heavy atom. The number of halogens is 1. The minimum Gasteiger partial charge on any atom is -0.390 e. The molecule has 1 N–H and O–H groups in total. The quantitative estimate of drug-likeness (QED) is 0.830. The van der Waals surface area contributed by atoms with Gasteiger partial charge in [0.1, 0.15) is 5.82 Å². The molecule has 0 spiro atoms. The van der Waals surface area contributed by atoms with E-state index >= 15 is 0 Å². The normalized spacial score (nSPS) is 16.9. The Bertz CT molecular complexity index is 358. The summed E-state index contributed by atoms with van der Waals surface area (Å²) in [5.41, 5.74) is 1.16. The van der Waals surface area contributed by atoms with E-state index < -0.39 is 5.60 Å². The van der Waals surface area contributed by atoms with E-state index in [1.165, 1.54) is 12.1 Å². The first-order chi connectivity index (χ1) is 7.36. The van der Waals surface area contributed by atoms with Crippen molar-refractivity contribution in [2.75, 3.05) is 0 Å². The summed E-state index contributed by atoms with van der Waals surface area (Å²) in [6.45, 7) is 7.85. The van der Waals surface area contributed by atoms with E-state index in [2.05, 4.69) is 6.92 Å². The van der Waals surface area contributed by atoms with E-state index in [1.807, 2.05) is 20.8 Å². The predicted octanol–water partition coefficient (Wildman–Crippen LogP) is 3.47. The van der Waals surface area contributed by atoms with Crippen molar-refractivity contribution in [1.29, 1.82) is 0 Å². The third-order valence-electron chi connectivity index (χ3n) is 3.53. The van der Waals surface area contributed by atoms with Crippen LogP contribution in [-0.4, -0.2) is 10.7 Å². The predicted molar refractivity (Wildman–Crippen MR) is 64.9 cm³/mol. The van der Waals surface area contributed by atoms with Crippen LogP contribution >= 0.6 is 0 Å². The van der Waals surface area contributed by atoms with Crippen molar-refractivity contribution < 1.29 is 9.50 Å². The maximum absolute atomic E-state index is 13.1. The summed E-state index contributed by atoms with van der Waals surface area (Å²) in [4.78, 5) is 0. The average Bonchev–Trinajstić information content (AvgIpc) is 2.22. The Morgan fingerprint density at radius 1 is 1.44 bits per heavy atom. The Labute approximate surface area is 97.3 Å². The monoisotopic (exact) mass is 224 g/mol. The highest BCUT2D eigenvalue weighted by molar-refractivity contribution is 5.28. The van der Waals surface area contributed by atoms with Gasteiger partial charge in [-0.25, -0.2) is 4.39 Å². The van der Waals surface area contributed by atoms with Gasteiger partial charge in [-0.15, -0.1) is 0 Å². The van der Waals surface area contributed by atoms with Crippen LogP contribution in [0.25, 0.3) is 0 Å². The zero-order valence-electron chi connectivity index (χ0n) is 10.5. The lowest BCUT2D eigenvalue weighted by atomic mass is 9.82. The van der Waals surface area contributed by atoms with Crippen LogP contribution in [0.3, 0.4) is 0 Å². The molecule has 2 unspecified atom stereocenters. The lowest BCUT2D eigenvalue weighted by Gasteiger charge is -2.30. The summed E-state index contributed by atoms with van der Waals surface area (Å²) in [5.74, 6) is -0.0317. The Balaban J connectivity index is 2.91. The standard InChI is InChI=1S/C14H21FO/c1-5-11(3)14(4,16)9-12-8-13(15)7-6-10(12)2/h6-8,11,16H,5,9H2,1-4H3. The molecule has 0 fully saturated rings. The van der Waals surface area contributed by atoms with Crippen LogP contribution in [0.4, 0.5) is 4.39 Å². The summed E-state index contributed by atoms with van der Waals surface area (Å²) in [6, 6.07) is 4.74. The van der Waals surface area contributed by atoms with Crippen LogP contribution < -0.4 is 0 Å². The molecular weight excluding hydrogens is 203 g/mol. The maximum Gasteiger partial charge on any atom is 0.123 e. The van der Waals surface area contributed by atoms with Crippen molar-refractivity contribution in [1.82, 2.24) is 0 Å². The number of hydrogen-bond donors (Lipinski definition) is 1. The summed E-state index contributed by atoms with van der Waals surface area (Å²) < 4.78 is 13.1. The minimum atomic E-state index is -0.771. The Kier molecular flexibility index (Phi) is 4.09. The van der Waals surface area contributed by atoms with E-state index in [0.29, 0.717) is 6.42 Å². The smallest absolute Gasteiger partial charge is 0.123 e. The van der Waals surface area contributed by atoms with Crippen LogP contribution in [0.1, 0.15) is 38.3 Å². The van der Waals surface area contributed by atoms with Gasteiger partial charge >= 0.3 is 0 Å². The lowest BCUT2D eigenvalue weighted by Crippen LogP contribution is -2.35. The fourth-order valence-electron chi connectivity index (χ4n) is 1.83. The highest BCUT2D eigenvalue weighted by Crippen LogP contribution is 2.26. The highest BCUT2D eigenvalue weighted by Gasteiger charge is 2.27. The van der Waals surface area contributed by atoms with Crippen LogP contribution in [0, 0.1) is 18.7 Å². The first-order valence-corrected chi connectivity index (χ1v) is 5.84. The lowest BCUT2D eigenvalue weighted by molar-refractivity contribution is 0.00499. The third kappa shape index (κ3) is 3.05.